The molecule has 20 heavy (non-hydrogen) atoms. The summed E-state index contributed by atoms with van der Waals surface area (Å²) >= 11 is 0. The van der Waals surface area contributed by atoms with Crippen molar-refractivity contribution in [3.63, 3.8) is 0 Å². The van der Waals surface area contributed by atoms with Crippen molar-refractivity contribution in [2.45, 2.75) is 58.0 Å². The summed E-state index contributed by atoms with van der Waals surface area (Å²) < 4.78 is 0. The van der Waals surface area contributed by atoms with E-state index in [1.54, 1.807) is 9.80 Å². The Bertz CT molecular complexity index is 405. The van der Waals surface area contributed by atoms with E-state index in [-0.39, 0.29) is 25.0 Å². The number of carbonyl (C=O) groups is 2. The van der Waals surface area contributed by atoms with E-state index in [1.165, 1.54) is 0 Å². The Kier molecular flexibility index (Phi) is 5.37. The van der Waals surface area contributed by atoms with Crippen molar-refractivity contribution >= 4 is 12.0 Å². The van der Waals surface area contributed by atoms with Gasteiger partial charge in [-0.2, -0.15) is 5.26 Å². The van der Waals surface area contributed by atoms with Gasteiger partial charge in [-0.15, -0.1) is 0 Å². The molecule has 0 aliphatic heterocycles. The number of nitrogens with zero attached hydrogens (tertiary/aromatic N) is 3. The maximum absolute atomic E-state index is 12.6. The molecule has 6 nitrogen and oxygen atoms in total. The average Bonchev–Trinajstić information content (AvgIpc) is 3.11. The van der Waals surface area contributed by atoms with Gasteiger partial charge in [0, 0.05) is 24.7 Å². The molecule has 0 radical (unpaired) electrons. The van der Waals surface area contributed by atoms with Gasteiger partial charge in [0.1, 0.15) is 0 Å². The topological polar surface area (TPSA) is 84.6 Å². The lowest BCUT2D eigenvalue weighted by molar-refractivity contribution is -0.137. The highest BCUT2D eigenvalue weighted by Gasteiger charge is 2.37. The van der Waals surface area contributed by atoms with Gasteiger partial charge in [-0.05, 0) is 33.6 Å². The lowest BCUT2D eigenvalue weighted by Gasteiger charge is -2.39. The van der Waals surface area contributed by atoms with Crippen LogP contribution in [-0.2, 0) is 4.79 Å². The highest BCUT2D eigenvalue weighted by atomic mass is 16.4. The van der Waals surface area contributed by atoms with E-state index in [1.807, 2.05) is 20.8 Å². The Morgan fingerprint density at radius 1 is 1.30 bits per heavy atom. The van der Waals surface area contributed by atoms with Crippen LogP contribution >= 0.6 is 0 Å². The summed E-state index contributed by atoms with van der Waals surface area (Å²) in [7, 11) is 0. The number of carbonyl (C=O) groups excluding carboxylic acids is 1. The average molecular weight is 281 g/mol. The highest BCUT2D eigenvalue weighted by Crippen LogP contribution is 2.29. The molecule has 1 N–H and O–H groups in total. The standard InChI is InChI=1S/C14H23N3O3/c1-14(2,3)17(10-7-12(18)19)13(20)16(9-4-8-15)11-5-6-11/h11H,4-7,9-10H2,1-3H3,(H,18,19). The third kappa shape index (κ3) is 4.72. The van der Waals surface area contributed by atoms with Crippen molar-refractivity contribution in [2.75, 3.05) is 13.1 Å². The van der Waals surface area contributed by atoms with E-state index in [9.17, 15) is 9.59 Å². The molecule has 1 aliphatic carbocycles. The third-order valence-electron chi connectivity index (χ3n) is 3.29. The van der Waals surface area contributed by atoms with Crippen molar-refractivity contribution < 1.29 is 14.7 Å². The van der Waals surface area contributed by atoms with Crippen LogP contribution in [0.25, 0.3) is 0 Å². The number of hydrogen-bond acceptors (Lipinski definition) is 3. The number of amides is 2. The van der Waals surface area contributed by atoms with Crippen molar-refractivity contribution in [3.8, 4) is 6.07 Å². The van der Waals surface area contributed by atoms with Crippen molar-refractivity contribution in [1.82, 2.24) is 9.80 Å². The Hall–Kier alpha value is -1.77. The van der Waals surface area contributed by atoms with Gasteiger partial charge in [0.15, 0.2) is 0 Å². The predicted octanol–water partition coefficient (Wildman–Crippen LogP) is 2.06. The number of aliphatic carboxylic acids is 1. The maximum Gasteiger partial charge on any atom is 0.320 e. The minimum absolute atomic E-state index is 0.0697. The smallest absolute Gasteiger partial charge is 0.320 e. The summed E-state index contributed by atoms with van der Waals surface area (Å²) in [5, 5.41) is 17.5. The van der Waals surface area contributed by atoms with Crippen LogP contribution < -0.4 is 0 Å². The van der Waals surface area contributed by atoms with Gasteiger partial charge in [0.25, 0.3) is 0 Å². The number of rotatable bonds is 6. The van der Waals surface area contributed by atoms with Crippen LogP contribution in [0.2, 0.25) is 0 Å². The largest absolute Gasteiger partial charge is 0.481 e. The first-order chi connectivity index (χ1) is 9.27. The van der Waals surface area contributed by atoms with Gasteiger partial charge in [0.05, 0.1) is 18.9 Å². The highest BCUT2D eigenvalue weighted by molar-refractivity contribution is 5.77. The fourth-order valence-electron chi connectivity index (χ4n) is 2.07. The van der Waals surface area contributed by atoms with Crippen LogP contribution in [0.1, 0.15) is 46.5 Å². The van der Waals surface area contributed by atoms with Crippen LogP contribution in [0.4, 0.5) is 4.79 Å². The number of nitriles is 1. The van der Waals surface area contributed by atoms with Gasteiger partial charge in [0.2, 0.25) is 0 Å². The molecule has 0 spiro atoms. The fourth-order valence-corrected chi connectivity index (χ4v) is 2.07. The molecule has 0 bridgehead atoms. The molecule has 0 aromatic heterocycles. The van der Waals surface area contributed by atoms with E-state index < -0.39 is 11.5 Å². The molecule has 1 aliphatic rings. The fraction of sp³-hybridized carbons (Fsp3) is 0.786. The maximum atomic E-state index is 12.6. The van der Waals surface area contributed by atoms with Gasteiger partial charge >= 0.3 is 12.0 Å². The van der Waals surface area contributed by atoms with Crippen LogP contribution in [0.15, 0.2) is 0 Å². The van der Waals surface area contributed by atoms with E-state index in [0.29, 0.717) is 13.0 Å². The van der Waals surface area contributed by atoms with E-state index in [2.05, 4.69) is 6.07 Å². The van der Waals surface area contributed by atoms with Gasteiger partial charge in [-0.3, -0.25) is 4.79 Å². The third-order valence-corrected chi connectivity index (χ3v) is 3.29. The summed E-state index contributed by atoms with van der Waals surface area (Å²) in [6.45, 7) is 6.28. The quantitative estimate of drug-likeness (QED) is 0.807. The van der Waals surface area contributed by atoms with E-state index in [0.717, 1.165) is 12.8 Å². The number of carboxylic acids is 1. The lowest BCUT2D eigenvalue weighted by atomic mass is 10.1. The molecule has 6 heteroatoms. The lowest BCUT2D eigenvalue weighted by Crippen LogP contribution is -2.53. The Morgan fingerprint density at radius 3 is 2.30 bits per heavy atom. The van der Waals surface area contributed by atoms with Crippen LogP contribution in [-0.4, -0.2) is 51.6 Å². The Morgan fingerprint density at radius 2 is 1.90 bits per heavy atom. The molecule has 1 rings (SSSR count). The molecule has 112 valence electrons. The number of urea groups is 1. The van der Waals surface area contributed by atoms with E-state index in [4.69, 9.17) is 10.4 Å². The molecular formula is C14H23N3O3. The first-order valence-electron chi connectivity index (χ1n) is 6.94. The first-order valence-corrected chi connectivity index (χ1v) is 6.94. The summed E-state index contributed by atoms with van der Waals surface area (Å²) in [4.78, 5) is 26.7. The number of carboxylic acid groups (broad SMARTS) is 1. The summed E-state index contributed by atoms with van der Waals surface area (Å²) in [6, 6.07) is 2.11. The zero-order valence-corrected chi connectivity index (χ0v) is 12.4. The molecule has 1 fully saturated rings. The molecule has 0 aromatic carbocycles. The molecule has 2 amide bonds. The molecule has 1 saturated carbocycles. The van der Waals surface area contributed by atoms with Crippen molar-refractivity contribution in [2.24, 2.45) is 0 Å². The molecule has 0 heterocycles. The number of hydrogen-bond donors (Lipinski definition) is 1. The summed E-state index contributed by atoms with van der Waals surface area (Å²) in [5.74, 6) is -0.915. The monoisotopic (exact) mass is 281 g/mol. The second-order valence-corrected chi connectivity index (χ2v) is 6.08. The van der Waals surface area contributed by atoms with Gasteiger partial charge in [-0.1, -0.05) is 0 Å². The summed E-state index contributed by atoms with van der Waals surface area (Å²) in [5.41, 5.74) is -0.438. The minimum Gasteiger partial charge on any atom is -0.481 e. The van der Waals surface area contributed by atoms with E-state index >= 15 is 0 Å². The first kappa shape index (κ1) is 16.3. The van der Waals surface area contributed by atoms with Crippen LogP contribution in [0, 0.1) is 11.3 Å². The normalized spacial score (nSPS) is 14.5. The van der Waals surface area contributed by atoms with Crippen LogP contribution in [0.5, 0.6) is 0 Å². The Labute approximate surface area is 120 Å². The second-order valence-electron chi connectivity index (χ2n) is 6.08. The SMILES string of the molecule is CC(C)(C)N(CCC(=O)O)C(=O)N(CCC#N)C1CC1. The molecule has 0 saturated heterocycles. The van der Waals surface area contributed by atoms with Gasteiger partial charge in [-0.25, -0.2) is 4.79 Å². The second kappa shape index (κ2) is 6.60. The molecule has 0 atom stereocenters. The Balaban J connectivity index is 2.78. The zero-order chi connectivity index (χ0) is 15.3. The van der Waals surface area contributed by atoms with Crippen molar-refractivity contribution in [3.05, 3.63) is 0 Å². The van der Waals surface area contributed by atoms with Gasteiger partial charge < -0.3 is 14.9 Å². The van der Waals surface area contributed by atoms with Crippen LogP contribution in [0.3, 0.4) is 0 Å². The molecule has 0 unspecified atom stereocenters. The minimum atomic E-state index is -0.915. The molecule has 0 aromatic rings. The summed E-state index contributed by atoms with van der Waals surface area (Å²) in [6.07, 6.45) is 2.17. The molecular weight excluding hydrogens is 258 g/mol. The van der Waals surface area contributed by atoms with Crippen molar-refractivity contribution in [1.29, 1.82) is 5.26 Å². The zero-order valence-electron chi connectivity index (χ0n) is 12.4. The predicted molar refractivity (Wildman–Crippen MR) is 74.1 cm³/mol.